The molecule has 2 aromatic rings. The Hall–Kier alpha value is -2.70. The van der Waals surface area contributed by atoms with Crippen LogP contribution in [0.4, 0.5) is 26.6 Å². The Morgan fingerprint density at radius 2 is 2.04 bits per heavy atom. The normalized spacial score (nSPS) is 22.8. The van der Waals surface area contributed by atoms with E-state index in [0.717, 1.165) is 43.2 Å². The van der Waals surface area contributed by atoms with E-state index in [9.17, 15) is 9.18 Å². The number of para-hydroxylation sites is 1. The zero-order valence-corrected chi connectivity index (χ0v) is 16.4. The monoisotopic (exact) mass is 383 g/mol. The number of fused-ring (bicyclic) bond motifs is 1. The molecule has 1 aliphatic heterocycles. The standard InChI is InChI=1S/C21H26FN5O/c1-13-5-3-7-16(10-9-13)27-19-15(11-24-20(23)25-19)12-26(21(27)28)18-14(2)6-4-8-17(18)22/h4,6,8,11,13,16H,3,5,7,9-10,12H2,1-2H3,(H2,23,24,25)/t13?,16-/m1/s1. The number of amides is 2. The molecule has 0 spiro atoms. The molecule has 1 fully saturated rings. The number of carbonyl (C=O) groups excluding carboxylic acids is 1. The number of nitrogen functional groups attached to an aromatic ring is 1. The molecule has 1 saturated carbocycles. The van der Waals surface area contributed by atoms with Crippen molar-refractivity contribution in [3.8, 4) is 0 Å². The van der Waals surface area contributed by atoms with E-state index in [0.29, 0.717) is 17.4 Å². The lowest BCUT2D eigenvalue weighted by atomic mass is 10.0. The van der Waals surface area contributed by atoms with Crippen molar-refractivity contribution in [2.24, 2.45) is 5.92 Å². The van der Waals surface area contributed by atoms with Gasteiger partial charge in [0.15, 0.2) is 0 Å². The molecule has 1 aromatic carbocycles. The van der Waals surface area contributed by atoms with Gasteiger partial charge in [0, 0.05) is 17.8 Å². The summed E-state index contributed by atoms with van der Waals surface area (Å²) in [5.74, 6) is 0.962. The van der Waals surface area contributed by atoms with Gasteiger partial charge in [-0.25, -0.2) is 14.2 Å². The maximum Gasteiger partial charge on any atom is 0.330 e. The van der Waals surface area contributed by atoms with Crippen LogP contribution in [0.25, 0.3) is 0 Å². The number of aromatic nitrogens is 2. The minimum absolute atomic E-state index is 0.0281. The van der Waals surface area contributed by atoms with Gasteiger partial charge >= 0.3 is 6.03 Å². The van der Waals surface area contributed by atoms with Crippen molar-refractivity contribution >= 4 is 23.5 Å². The van der Waals surface area contributed by atoms with Gasteiger partial charge in [0.1, 0.15) is 11.6 Å². The van der Waals surface area contributed by atoms with Crippen LogP contribution in [0.1, 0.15) is 50.2 Å². The topological polar surface area (TPSA) is 75.4 Å². The highest BCUT2D eigenvalue weighted by molar-refractivity contribution is 6.06. The molecule has 2 aliphatic rings. The van der Waals surface area contributed by atoms with Gasteiger partial charge in [0.05, 0.1) is 12.2 Å². The fourth-order valence-electron chi connectivity index (χ4n) is 4.38. The van der Waals surface area contributed by atoms with Gasteiger partial charge < -0.3 is 5.73 Å². The number of aryl methyl sites for hydroxylation is 1. The average Bonchev–Trinajstić information content (AvgIpc) is 2.87. The molecule has 2 heterocycles. The zero-order chi connectivity index (χ0) is 19.8. The summed E-state index contributed by atoms with van der Waals surface area (Å²) in [5, 5.41) is 0. The quantitative estimate of drug-likeness (QED) is 0.779. The molecule has 2 amide bonds. The lowest BCUT2D eigenvalue weighted by Gasteiger charge is -2.40. The van der Waals surface area contributed by atoms with Gasteiger partial charge in [-0.05, 0) is 43.7 Å². The van der Waals surface area contributed by atoms with E-state index in [1.807, 2.05) is 13.0 Å². The van der Waals surface area contributed by atoms with Crippen LogP contribution in [0.15, 0.2) is 24.4 Å². The van der Waals surface area contributed by atoms with Gasteiger partial charge in [-0.3, -0.25) is 9.80 Å². The van der Waals surface area contributed by atoms with Crippen molar-refractivity contribution in [2.45, 2.75) is 58.5 Å². The van der Waals surface area contributed by atoms with Crippen LogP contribution in [0.2, 0.25) is 0 Å². The van der Waals surface area contributed by atoms with Crippen molar-refractivity contribution in [3.63, 3.8) is 0 Å². The number of hydrogen-bond donors (Lipinski definition) is 1. The third-order valence-corrected chi connectivity index (χ3v) is 5.90. The van der Waals surface area contributed by atoms with Crippen molar-refractivity contribution in [3.05, 3.63) is 41.3 Å². The van der Waals surface area contributed by atoms with Gasteiger partial charge in [0.2, 0.25) is 5.95 Å². The van der Waals surface area contributed by atoms with Crippen molar-refractivity contribution in [2.75, 3.05) is 15.5 Å². The van der Waals surface area contributed by atoms with Crippen LogP contribution in [-0.4, -0.2) is 22.0 Å². The fourth-order valence-corrected chi connectivity index (χ4v) is 4.38. The molecular formula is C21H26FN5O. The third-order valence-electron chi connectivity index (χ3n) is 5.90. The highest BCUT2D eigenvalue weighted by Gasteiger charge is 2.39. The molecule has 0 saturated heterocycles. The first-order valence-corrected chi connectivity index (χ1v) is 9.93. The van der Waals surface area contributed by atoms with Gasteiger partial charge in [-0.1, -0.05) is 31.9 Å². The molecule has 0 bridgehead atoms. The number of nitrogens with two attached hydrogens (primary N) is 1. The molecule has 6 nitrogen and oxygen atoms in total. The van der Waals surface area contributed by atoms with Crippen LogP contribution in [0, 0.1) is 18.7 Å². The summed E-state index contributed by atoms with van der Waals surface area (Å²) in [5.41, 5.74) is 7.66. The van der Waals surface area contributed by atoms with Crippen LogP contribution < -0.4 is 15.5 Å². The molecule has 1 aliphatic carbocycles. The first-order valence-electron chi connectivity index (χ1n) is 9.93. The highest BCUT2D eigenvalue weighted by Crippen LogP contribution is 2.37. The molecule has 0 radical (unpaired) electrons. The van der Waals surface area contributed by atoms with Crippen LogP contribution in [-0.2, 0) is 6.54 Å². The number of hydrogen-bond acceptors (Lipinski definition) is 4. The Labute approximate surface area is 164 Å². The van der Waals surface area contributed by atoms with E-state index < -0.39 is 5.82 Å². The maximum atomic E-state index is 14.7. The Balaban J connectivity index is 1.79. The number of carbonyl (C=O) groups is 1. The van der Waals surface area contributed by atoms with E-state index in [-0.39, 0.29) is 24.6 Å². The van der Waals surface area contributed by atoms with E-state index in [4.69, 9.17) is 5.73 Å². The second kappa shape index (κ2) is 7.37. The van der Waals surface area contributed by atoms with Crippen LogP contribution in [0.3, 0.4) is 0 Å². The van der Waals surface area contributed by atoms with E-state index >= 15 is 0 Å². The predicted octanol–water partition coefficient (Wildman–Crippen LogP) is 4.42. The number of benzene rings is 1. The summed E-state index contributed by atoms with van der Waals surface area (Å²) < 4.78 is 14.7. The summed E-state index contributed by atoms with van der Waals surface area (Å²) in [6.07, 6.45) is 6.74. The Bertz CT molecular complexity index is 882. The molecule has 2 atom stereocenters. The largest absolute Gasteiger partial charge is 0.368 e. The Morgan fingerprint density at radius 3 is 2.82 bits per heavy atom. The summed E-state index contributed by atoms with van der Waals surface area (Å²) in [4.78, 5) is 25.3. The van der Waals surface area contributed by atoms with Gasteiger partial charge in [0.25, 0.3) is 0 Å². The first-order chi connectivity index (χ1) is 13.5. The zero-order valence-electron chi connectivity index (χ0n) is 16.4. The minimum atomic E-state index is -0.400. The Kier molecular flexibility index (Phi) is 4.91. The second-order valence-electron chi connectivity index (χ2n) is 7.99. The number of anilines is 3. The molecule has 1 unspecified atom stereocenters. The van der Waals surface area contributed by atoms with Gasteiger partial charge in [-0.2, -0.15) is 4.98 Å². The summed E-state index contributed by atoms with van der Waals surface area (Å²) in [6, 6.07) is 4.66. The molecule has 148 valence electrons. The molecular weight excluding hydrogens is 357 g/mol. The SMILES string of the molecule is Cc1cccc(F)c1N1Cc2cnc(N)nc2N([C@@H]2CCCC(C)CC2)C1=O. The second-order valence-corrected chi connectivity index (χ2v) is 7.99. The van der Waals surface area contributed by atoms with E-state index in [1.54, 1.807) is 17.2 Å². The number of rotatable bonds is 2. The molecule has 2 N–H and O–H groups in total. The average molecular weight is 383 g/mol. The number of halogens is 1. The molecule has 4 rings (SSSR count). The van der Waals surface area contributed by atoms with Crippen molar-refractivity contribution in [1.29, 1.82) is 0 Å². The fraction of sp³-hybridized carbons (Fsp3) is 0.476. The summed E-state index contributed by atoms with van der Waals surface area (Å²) in [7, 11) is 0. The molecule has 7 heteroatoms. The summed E-state index contributed by atoms with van der Waals surface area (Å²) in [6.45, 7) is 4.30. The van der Waals surface area contributed by atoms with Crippen molar-refractivity contribution in [1.82, 2.24) is 9.97 Å². The van der Waals surface area contributed by atoms with Crippen LogP contribution in [0.5, 0.6) is 0 Å². The van der Waals surface area contributed by atoms with Crippen molar-refractivity contribution < 1.29 is 9.18 Å². The van der Waals surface area contributed by atoms with Crippen LogP contribution >= 0.6 is 0 Å². The maximum absolute atomic E-state index is 14.7. The lowest BCUT2D eigenvalue weighted by Crippen LogP contribution is -2.53. The minimum Gasteiger partial charge on any atom is -0.368 e. The third kappa shape index (κ3) is 3.30. The first kappa shape index (κ1) is 18.7. The van der Waals surface area contributed by atoms with E-state index in [1.165, 1.54) is 11.0 Å². The smallest absolute Gasteiger partial charge is 0.330 e. The predicted molar refractivity (Wildman–Crippen MR) is 108 cm³/mol. The number of nitrogens with zero attached hydrogens (tertiary/aromatic N) is 4. The molecule has 28 heavy (non-hydrogen) atoms. The van der Waals surface area contributed by atoms with E-state index in [2.05, 4.69) is 16.9 Å². The highest BCUT2D eigenvalue weighted by atomic mass is 19.1. The molecule has 1 aromatic heterocycles. The lowest BCUT2D eigenvalue weighted by molar-refractivity contribution is 0.246. The number of urea groups is 1. The Morgan fingerprint density at radius 1 is 1.21 bits per heavy atom. The van der Waals surface area contributed by atoms with Gasteiger partial charge in [-0.15, -0.1) is 0 Å². The summed E-state index contributed by atoms with van der Waals surface area (Å²) >= 11 is 0.